The number of thiophene rings is 1. The van der Waals surface area contributed by atoms with Crippen molar-refractivity contribution in [2.45, 2.75) is 16.7 Å². The highest BCUT2D eigenvalue weighted by atomic mass is 32.2. The second-order valence-corrected chi connectivity index (χ2v) is 7.12. The van der Waals surface area contributed by atoms with Crippen LogP contribution in [0.15, 0.2) is 16.3 Å². The molecule has 0 bridgehead atoms. The van der Waals surface area contributed by atoms with Crippen molar-refractivity contribution in [2.75, 3.05) is 20.1 Å². The molecule has 2 heterocycles. The van der Waals surface area contributed by atoms with E-state index in [2.05, 4.69) is 5.32 Å². The van der Waals surface area contributed by atoms with Gasteiger partial charge in [0.1, 0.15) is 15.2 Å². The first-order chi connectivity index (χ1) is 8.07. The van der Waals surface area contributed by atoms with Gasteiger partial charge in [0, 0.05) is 19.1 Å². The fraction of sp³-hybridized carbons (Fsp3) is 0.500. The van der Waals surface area contributed by atoms with Crippen LogP contribution in [0, 0.1) is 11.3 Å². The summed E-state index contributed by atoms with van der Waals surface area (Å²) in [4.78, 5) is 0.424. The molecule has 1 fully saturated rings. The van der Waals surface area contributed by atoms with Crippen molar-refractivity contribution in [3.63, 3.8) is 0 Å². The Bertz CT molecular complexity index is 544. The van der Waals surface area contributed by atoms with Gasteiger partial charge in [0.2, 0.25) is 0 Å². The molecule has 1 aliphatic rings. The maximum Gasteiger partial charge on any atom is 0.252 e. The van der Waals surface area contributed by atoms with Gasteiger partial charge < -0.3 is 5.32 Å². The first-order valence-electron chi connectivity index (χ1n) is 5.25. The van der Waals surface area contributed by atoms with Gasteiger partial charge in [-0.1, -0.05) is 0 Å². The zero-order valence-corrected chi connectivity index (χ0v) is 11.0. The normalized spacial score (nSPS) is 21.5. The number of likely N-dealkylation sites (N-methyl/N-ethyl adjacent to an activating group) is 1. The summed E-state index contributed by atoms with van der Waals surface area (Å²) in [6.07, 6.45) is 0.826. The van der Waals surface area contributed by atoms with Gasteiger partial charge in [0.25, 0.3) is 10.0 Å². The Morgan fingerprint density at radius 1 is 1.59 bits per heavy atom. The number of sulfonamides is 1. The summed E-state index contributed by atoms with van der Waals surface area (Å²) in [5.74, 6) is 0. The van der Waals surface area contributed by atoms with Crippen LogP contribution in [-0.2, 0) is 10.0 Å². The third kappa shape index (κ3) is 2.35. The number of nitriles is 1. The predicted octanol–water partition coefficient (Wildman–Crippen LogP) is 0.602. The van der Waals surface area contributed by atoms with Gasteiger partial charge in [-0.2, -0.15) is 9.57 Å². The quantitative estimate of drug-likeness (QED) is 0.874. The number of rotatable bonds is 3. The van der Waals surface area contributed by atoms with Crippen LogP contribution in [0.5, 0.6) is 0 Å². The zero-order chi connectivity index (χ0) is 12.5. The minimum atomic E-state index is -3.41. The molecule has 1 aromatic rings. The molecular weight excluding hydrogens is 258 g/mol. The van der Waals surface area contributed by atoms with Crippen molar-refractivity contribution in [2.24, 2.45) is 0 Å². The van der Waals surface area contributed by atoms with Crippen LogP contribution in [0.25, 0.3) is 0 Å². The van der Waals surface area contributed by atoms with Crippen molar-refractivity contribution in [3.8, 4) is 6.07 Å². The molecular formula is C10H13N3O2S2. The number of nitrogens with zero attached hydrogens (tertiary/aromatic N) is 2. The molecule has 1 N–H and O–H groups in total. The van der Waals surface area contributed by atoms with E-state index in [0.29, 0.717) is 18.0 Å². The van der Waals surface area contributed by atoms with Crippen LogP contribution < -0.4 is 5.32 Å². The van der Waals surface area contributed by atoms with Gasteiger partial charge in [0.15, 0.2) is 0 Å². The highest BCUT2D eigenvalue weighted by molar-refractivity contribution is 7.91. The van der Waals surface area contributed by atoms with Crippen LogP contribution in [-0.4, -0.2) is 38.9 Å². The van der Waals surface area contributed by atoms with E-state index in [1.807, 2.05) is 13.1 Å². The summed E-state index contributed by atoms with van der Waals surface area (Å²) in [6, 6.07) is 5.23. The lowest BCUT2D eigenvalue weighted by Crippen LogP contribution is -2.33. The van der Waals surface area contributed by atoms with Crippen molar-refractivity contribution >= 4 is 21.4 Å². The lowest BCUT2D eigenvalue weighted by molar-refractivity contribution is 0.466. The summed E-state index contributed by atoms with van der Waals surface area (Å²) in [7, 11) is -1.58. The van der Waals surface area contributed by atoms with E-state index < -0.39 is 10.0 Å². The van der Waals surface area contributed by atoms with Gasteiger partial charge >= 0.3 is 0 Å². The molecule has 0 saturated carbocycles. The molecule has 1 aliphatic heterocycles. The molecule has 0 aromatic carbocycles. The molecule has 1 atom stereocenters. The van der Waals surface area contributed by atoms with Crippen LogP contribution in [0.1, 0.15) is 11.3 Å². The van der Waals surface area contributed by atoms with Crippen molar-refractivity contribution < 1.29 is 8.42 Å². The van der Waals surface area contributed by atoms with Crippen LogP contribution >= 0.6 is 11.3 Å². The Kier molecular flexibility index (Phi) is 3.49. The first kappa shape index (κ1) is 12.5. The smallest absolute Gasteiger partial charge is 0.252 e. The molecule has 7 heteroatoms. The highest BCUT2D eigenvalue weighted by Crippen LogP contribution is 2.26. The number of hydrogen-bond acceptors (Lipinski definition) is 5. The molecule has 17 heavy (non-hydrogen) atoms. The molecule has 5 nitrogen and oxygen atoms in total. The number of nitrogens with one attached hydrogen (secondary N) is 1. The van der Waals surface area contributed by atoms with Gasteiger partial charge in [-0.25, -0.2) is 8.42 Å². The zero-order valence-electron chi connectivity index (χ0n) is 9.38. The summed E-state index contributed by atoms with van der Waals surface area (Å²) < 4.78 is 26.2. The van der Waals surface area contributed by atoms with Crippen LogP contribution in [0.3, 0.4) is 0 Å². The summed E-state index contributed by atoms with van der Waals surface area (Å²) in [5.41, 5.74) is 0. The minimum Gasteiger partial charge on any atom is -0.316 e. The maximum atomic E-state index is 12.2. The van der Waals surface area contributed by atoms with Crippen LogP contribution in [0.4, 0.5) is 0 Å². The summed E-state index contributed by atoms with van der Waals surface area (Å²) in [6.45, 7) is 1.03. The van der Waals surface area contributed by atoms with E-state index in [9.17, 15) is 8.42 Å². The van der Waals surface area contributed by atoms with Crippen molar-refractivity contribution in [3.05, 3.63) is 17.0 Å². The SMILES string of the molecule is CNC1CCN(S(=O)(=O)c2ccc(C#N)s2)C1. The Hall–Kier alpha value is -0.940. The fourth-order valence-electron chi connectivity index (χ4n) is 1.83. The Morgan fingerprint density at radius 2 is 2.35 bits per heavy atom. The van der Waals surface area contributed by atoms with Gasteiger partial charge in [0.05, 0.1) is 0 Å². The lowest BCUT2D eigenvalue weighted by Gasteiger charge is -2.14. The topological polar surface area (TPSA) is 73.2 Å². The molecule has 2 rings (SSSR count). The summed E-state index contributed by atoms with van der Waals surface area (Å²) in [5, 5.41) is 11.8. The third-order valence-electron chi connectivity index (χ3n) is 2.84. The minimum absolute atomic E-state index is 0.222. The molecule has 0 radical (unpaired) electrons. The monoisotopic (exact) mass is 271 g/mol. The van der Waals surface area contributed by atoms with E-state index >= 15 is 0 Å². The molecule has 0 aliphatic carbocycles. The fourth-order valence-corrected chi connectivity index (χ4v) is 4.59. The maximum absolute atomic E-state index is 12.2. The van der Waals surface area contributed by atoms with Crippen molar-refractivity contribution in [1.82, 2.24) is 9.62 Å². The molecule has 0 amide bonds. The Morgan fingerprint density at radius 3 is 2.88 bits per heavy atom. The summed E-state index contributed by atoms with van der Waals surface area (Å²) >= 11 is 1.02. The second kappa shape index (κ2) is 4.74. The standard InChI is InChI=1S/C10H13N3O2S2/c1-12-8-4-5-13(7-8)17(14,15)10-3-2-9(6-11)16-10/h2-3,8,12H,4-5,7H2,1H3. The average molecular weight is 271 g/mol. The Balaban J connectivity index is 2.23. The third-order valence-corrected chi connectivity index (χ3v) is 6.17. The largest absolute Gasteiger partial charge is 0.316 e. The van der Waals surface area contributed by atoms with E-state index in [1.54, 1.807) is 6.07 Å². The van der Waals surface area contributed by atoms with E-state index in [0.717, 1.165) is 17.8 Å². The lowest BCUT2D eigenvalue weighted by atomic mass is 10.3. The molecule has 92 valence electrons. The van der Waals surface area contributed by atoms with Crippen molar-refractivity contribution in [1.29, 1.82) is 5.26 Å². The van der Waals surface area contributed by atoms with Crippen LogP contribution in [0.2, 0.25) is 0 Å². The van der Waals surface area contributed by atoms with E-state index in [-0.39, 0.29) is 10.3 Å². The van der Waals surface area contributed by atoms with Gasteiger partial charge in [-0.3, -0.25) is 0 Å². The molecule has 1 unspecified atom stereocenters. The second-order valence-electron chi connectivity index (χ2n) is 3.87. The molecule has 0 spiro atoms. The average Bonchev–Trinajstić information content (AvgIpc) is 2.98. The van der Waals surface area contributed by atoms with Gasteiger partial charge in [-0.15, -0.1) is 11.3 Å². The predicted molar refractivity (Wildman–Crippen MR) is 65.3 cm³/mol. The van der Waals surface area contributed by atoms with E-state index in [1.165, 1.54) is 10.4 Å². The Labute approximate surface area is 105 Å². The highest BCUT2D eigenvalue weighted by Gasteiger charge is 2.32. The molecule has 1 saturated heterocycles. The first-order valence-corrected chi connectivity index (χ1v) is 7.51. The van der Waals surface area contributed by atoms with Gasteiger partial charge in [-0.05, 0) is 25.6 Å². The molecule has 1 aromatic heterocycles. The van der Waals surface area contributed by atoms with E-state index in [4.69, 9.17) is 5.26 Å². The number of hydrogen-bond donors (Lipinski definition) is 1.